The summed E-state index contributed by atoms with van der Waals surface area (Å²) in [4.78, 5) is 5.06. The second kappa shape index (κ2) is 13.8. The average Bonchev–Trinajstić information content (AvgIpc) is 3.84. The zero-order valence-corrected chi connectivity index (χ0v) is 38.9. The highest BCUT2D eigenvalue weighted by molar-refractivity contribution is 6.93. The normalized spacial score (nSPS) is 13.6. The molecule has 12 rings (SSSR count). The SMILES string of the molecule is CC(C)(C)c1ccc2c(c1)-c1cc(N(c3ccccc3)c3ccccc3)cc3c1B(c1cc(C(C)(C)C)cc4c5cc(C(C)(C)C)ccc5n-3c14)N2c1cccc2c1oc1ccccc12. The van der Waals surface area contributed by atoms with Crippen molar-refractivity contribution in [1.82, 2.24) is 4.57 Å². The molecule has 4 nitrogen and oxygen atoms in total. The van der Waals surface area contributed by atoms with Crippen molar-refractivity contribution >= 4 is 90.0 Å². The van der Waals surface area contributed by atoms with E-state index in [9.17, 15) is 0 Å². The zero-order chi connectivity index (χ0) is 44.7. The molecule has 0 saturated heterocycles. The molecule has 4 heterocycles. The van der Waals surface area contributed by atoms with Crippen LogP contribution in [-0.2, 0) is 16.2 Å². The molecule has 318 valence electrons. The van der Waals surface area contributed by atoms with Gasteiger partial charge in [-0.2, -0.15) is 0 Å². The van der Waals surface area contributed by atoms with Crippen LogP contribution in [0.5, 0.6) is 0 Å². The molecule has 0 radical (unpaired) electrons. The number of anilines is 5. The van der Waals surface area contributed by atoms with Crippen LogP contribution in [-0.4, -0.2) is 11.4 Å². The maximum Gasteiger partial charge on any atom is 0.333 e. The van der Waals surface area contributed by atoms with Gasteiger partial charge in [0.2, 0.25) is 0 Å². The van der Waals surface area contributed by atoms with Gasteiger partial charge in [-0.1, -0.05) is 147 Å². The van der Waals surface area contributed by atoms with Gasteiger partial charge in [0.05, 0.1) is 16.7 Å². The van der Waals surface area contributed by atoms with E-state index >= 15 is 0 Å². The fourth-order valence-corrected chi connectivity index (χ4v) is 10.8. The highest BCUT2D eigenvalue weighted by atomic mass is 16.3. The van der Waals surface area contributed by atoms with E-state index in [1.807, 2.05) is 0 Å². The molecule has 0 amide bonds. The minimum atomic E-state index is -0.175. The quantitative estimate of drug-likeness (QED) is 0.165. The molecule has 2 aromatic heterocycles. The number of hydrogen-bond donors (Lipinski definition) is 0. The molecule has 10 aromatic rings. The third-order valence-electron chi connectivity index (χ3n) is 14.2. The Morgan fingerprint density at radius 2 is 1.06 bits per heavy atom. The summed E-state index contributed by atoms with van der Waals surface area (Å²) < 4.78 is 9.58. The van der Waals surface area contributed by atoms with Crippen molar-refractivity contribution in [2.75, 3.05) is 9.71 Å². The standard InChI is InChI=1S/C60H54BN3O/c1-58(2,3)37-27-29-50-46(32-37)48-33-39(60(7,8)9)34-49-56(48)63(50)53-36-42(62(40-19-12-10-13-20-40)41-21-14-11-15-22-41)35-47-45-31-38(59(4,5)6)28-30-51(45)64(61(49)55(47)53)52-25-18-24-44-43-23-16-17-26-54(43)65-57(44)52/h10-36H,1-9H3. The Hall–Kier alpha value is -6.98. The van der Waals surface area contributed by atoms with Crippen molar-refractivity contribution in [2.45, 2.75) is 78.6 Å². The molecule has 0 unspecified atom stereocenters. The molecule has 2 aliphatic heterocycles. The Kier molecular flexibility index (Phi) is 8.39. The number of fused-ring (bicyclic) bond motifs is 10. The molecule has 2 aliphatic rings. The monoisotopic (exact) mass is 843 g/mol. The molecule has 0 aliphatic carbocycles. The van der Waals surface area contributed by atoms with Crippen molar-refractivity contribution in [2.24, 2.45) is 0 Å². The number of furan rings is 1. The Bertz CT molecular complexity index is 3520. The first-order valence-electron chi connectivity index (χ1n) is 23.2. The summed E-state index contributed by atoms with van der Waals surface area (Å²) >= 11 is 0. The maximum atomic E-state index is 6.97. The second-order valence-corrected chi connectivity index (χ2v) is 21.5. The molecule has 0 N–H and O–H groups in total. The van der Waals surface area contributed by atoms with E-state index in [0.29, 0.717) is 0 Å². The Morgan fingerprint density at radius 3 is 1.75 bits per heavy atom. The van der Waals surface area contributed by atoms with Gasteiger partial charge in [-0.15, -0.1) is 0 Å². The highest BCUT2D eigenvalue weighted by Gasteiger charge is 2.46. The van der Waals surface area contributed by atoms with Crippen LogP contribution in [0.1, 0.15) is 79.0 Å². The maximum absolute atomic E-state index is 6.97. The molecule has 0 bridgehead atoms. The average molecular weight is 844 g/mol. The minimum Gasteiger partial charge on any atom is -0.454 e. The predicted molar refractivity (Wildman–Crippen MR) is 278 cm³/mol. The molecule has 5 heteroatoms. The van der Waals surface area contributed by atoms with Gasteiger partial charge in [0, 0.05) is 55.5 Å². The van der Waals surface area contributed by atoms with Gasteiger partial charge in [-0.3, -0.25) is 0 Å². The lowest BCUT2D eigenvalue weighted by Crippen LogP contribution is -2.61. The van der Waals surface area contributed by atoms with Gasteiger partial charge in [0.15, 0.2) is 5.58 Å². The van der Waals surface area contributed by atoms with Crippen LogP contribution in [0.25, 0.3) is 60.6 Å². The van der Waals surface area contributed by atoms with Crippen LogP contribution in [0.2, 0.25) is 0 Å². The summed E-state index contributed by atoms with van der Waals surface area (Å²) in [7, 11) is 0. The van der Waals surface area contributed by atoms with Gasteiger partial charge in [-0.25, -0.2) is 0 Å². The molecule has 0 atom stereocenters. The molecular formula is C60H54BN3O. The number of rotatable bonds is 4. The fraction of sp³-hybridized carbons (Fsp3) is 0.200. The Morgan fingerprint density at radius 1 is 0.446 bits per heavy atom. The summed E-state index contributed by atoms with van der Waals surface area (Å²) in [6.07, 6.45) is 0. The van der Waals surface area contributed by atoms with Gasteiger partial charge >= 0.3 is 6.85 Å². The molecule has 0 saturated carbocycles. The van der Waals surface area contributed by atoms with E-state index in [1.54, 1.807) is 0 Å². The molecule has 0 fully saturated rings. The first kappa shape index (κ1) is 39.6. The third kappa shape index (κ3) is 5.97. The first-order valence-corrected chi connectivity index (χ1v) is 23.2. The van der Waals surface area contributed by atoms with Crippen LogP contribution in [0.15, 0.2) is 168 Å². The van der Waals surface area contributed by atoms with Crippen LogP contribution in [0.3, 0.4) is 0 Å². The van der Waals surface area contributed by atoms with Crippen LogP contribution in [0.4, 0.5) is 28.4 Å². The van der Waals surface area contributed by atoms with E-state index in [4.69, 9.17) is 4.42 Å². The molecule has 65 heavy (non-hydrogen) atoms. The summed E-state index contributed by atoms with van der Waals surface area (Å²) in [5, 5.41) is 4.85. The van der Waals surface area contributed by atoms with Crippen LogP contribution in [0, 0.1) is 0 Å². The third-order valence-corrected chi connectivity index (χ3v) is 14.2. The molecular weight excluding hydrogens is 789 g/mol. The second-order valence-electron chi connectivity index (χ2n) is 21.5. The smallest absolute Gasteiger partial charge is 0.333 e. The van der Waals surface area contributed by atoms with Gasteiger partial charge in [0.1, 0.15) is 5.58 Å². The summed E-state index contributed by atoms with van der Waals surface area (Å²) in [6.45, 7) is 20.8. The Balaban J connectivity index is 1.28. The lowest BCUT2D eigenvalue weighted by Gasteiger charge is -2.43. The van der Waals surface area contributed by atoms with Crippen molar-refractivity contribution in [3.05, 3.63) is 180 Å². The van der Waals surface area contributed by atoms with E-state index in [0.717, 1.165) is 44.7 Å². The number of aromatic nitrogens is 1. The number of hydrogen-bond acceptors (Lipinski definition) is 3. The number of nitrogens with zero attached hydrogens (tertiary/aromatic N) is 3. The van der Waals surface area contributed by atoms with Gasteiger partial charge in [-0.05, 0) is 128 Å². The van der Waals surface area contributed by atoms with Gasteiger partial charge < -0.3 is 18.7 Å². The van der Waals surface area contributed by atoms with Crippen LogP contribution < -0.4 is 20.6 Å². The topological polar surface area (TPSA) is 24.6 Å². The van der Waals surface area contributed by atoms with Crippen molar-refractivity contribution in [3.63, 3.8) is 0 Å². The largest absolute Gasteiger partial charge is 0.454 e. The van der Waals surface area contributed by atoms with Gasteiger partial charge in [0.25, 0.3) is 0 Å². The predicted octanol–water partition coefficient (Wildman–Crippen LogP) is 15.3. The van der Waals surface area contributed by atoms with Crippen molar-refractivity contribution < 1.29 is 4.42 Å². The fourth-order valence-electron chi connectivity index (χ4n) is 10.8. The highest BCUT2D eigenvalue weighted by Crippen LogP contribution is 2.50. The van der Waals surface area contributed by atoms with Crippen LogP contribution >= 0.6 is 0 Å². The zero-order valence-electron chi connectivity index (χ0n) is 38.9. The lowest BCUT2D eigenvalue weighted by atomic mass is 9.43. The van der Waals surface area contributed by atoms with Crippen molar-refractivity contribution in [1.29, 1.82) is 0 Å². The molecule has 8 aromatic carbocycles. The summed E-state index contributed by atoms with van der Waals surface area (Å²) in [5.74, 6) is 0. The summed E-state index contributed by atoms with van der Waals surface area (Å²) in [5.41, 5.74) is 19.9. The van der Waals surface area contributed by atoms with Crippen molar-refractivity contribution in [3.8, 4) is 16.8 Å². The first-order chi connectivity index (χ1) is 31.1. The lowest BCUT2D eigenvalue weighted by molar-refractivity contribution is 0.590. The van der Waals surface area contributed by atoms with E-state index in [1.165, 1.54) is 71.9 Å². The number of benzene rings is 8. The number of para-hydroxylation sites is 4. The summed E-state index contributed by atoms with van der Waals surface area (Å²) in [6, 6.07) is 61.3. The van der Waals surface area contributed by atoms with E-state index < -0.39 is 0 Å². The van der Waals surface area contributed by atoms with E-state index in [2.05, 4.69) is 240 Å². The molecule has 0 spiro atoms. The minimum absolute atomic E-state index is 0.0166. The Labute approximate surface area is 382 Å². The van der Waals surface area contributed by atoms with E-state index in [-0.39, 0.29) is 23.1 Å².